The van der Waals surface area contributed by atoms with Gasteiger partial charge >= 0.3 is 0 Å². The average Bonchev–Trinajstić information content (AvgIpc) is 2.12. The quantitative estimate of drug-likeness (QED) is 0.520. The minimum Gasteiger partial charge on any atom is -0.303 e. The van der Waals surface area contributed by atoms with Gasteiger partial charge in [-0.05, 0) is 12.8 Å². The van der Waals surface area contributed by atoms with E-state index in [4.69, 9.17) is 4.55 Å². The highest BCUT2D eigenvalue weighted by molar-refractivity contribution is 7.88. The minimum atomic E-state index is -4.55. The highest BCUT2D eigenvalue weighted by atomic mass is 32.2. The van der Waals surface area contributed by atoms with E-state index in [2.05, 4.69) is 0 Å². The maximum absolute atomic E-state index is 11.0. The van der Waals surface area contributed by atoms with Crippen molar-refractivity contribution >= 4 is 22.7 Å². The Kier molecular flexibility index (Phi) is 4.41. The summed E-state index contributed by atoms with van der Waals surface area (Å²) >= 11 is 0. The summed E-state index contributed by atoms with van der Waals surface area (Å²) in [5, 5.41) is 0. The second-order valence-electron chi connectivity index (χ2n) is 3.05. The summed E-state index contributed by atoms with van der Waals surface area (Å²) in [6.07, 6.45) is 0.610. The molecule has 0 rings (SSSR count). The predicted molar refractivity (Wildman–Crippen MR) is 50.5 cm³/mol. The summed E-state index contributed by atoms with van der Waals surface area (Å²) in [5.74, 6) is -1.00. The van der Waals surface area contributed by atoms with E-state index >= 15 is 0 Å². The lowest BCUT2D eigenvalue weighted by Gasteiger charge is -2.27. The van der Waals surface area contributed by atoms with E-state index in [1.807, 2.05) is 0 Å². The van der Waals surface area contributed by atoms with Gasteiger partial charge in [0.2, 0.25) is 0 Å². The topological polar surface area (TPSA) is 88.5 Å². The van der Waals surface area contributed by atoms with Gasteiger partial charge in [-0.25, -0.2) is 0 Å². The van der Waals surface area contributed by atoms with Gasteiger partial charge in [-0.1, -0.05) is 13.8 Å². The fourth-order valence-corrected chi connectivity index (χ4v) is 2.52. The molecule has 0 bridgehead atoms. The third-order valence-corrected chi connectivity index (χ3v) is 4.11. The van der Waals surface area contributed by atoms with Crippen LogP contribution in [0, 0.1) is 5.92 Å². The van der Waals surface area contributed by atoms with Gasteiger partial charge in [-0.15, -0.1) is 0 Å². The number of carbonyl (C=O) groups is 2. The highest BCUT2D eigenvalue weighted by Gasteiger charge is 2.47. The maximum Gasteiger partial charge on any atom is 0.278 e. The molecule has 0 aromatic heterocycles. The fraction of sp³-hybridized carbons (Fsp3) is 0.750. The molecule has 0 aliphatic carbocycles. The molecule has 0 saturated heterocycles. The number of hydrogen-bond acceptors (Lipinski definition) is 4. The molecule has 0 aliphatic heterocycles. The Morgan fingerprint density at radius 2 is 1.86 bits per heavy atom. The number of carbonyl (C=O) groups excluding carboxylic acids is 2. The van der Waals surface area contributed by atoms with Crippen molar-refractivity contribution in [2.24, 2.45) is 5.92 Å². The van der Waals surface area contributed by atoms with E-state index < -0.39 is 20.8 Å². The van der Waals surface area contributed by atoms with Gasteiger partial charge in [0.1, 0.15) is 12.6 Å². The normalized spacial score (nSPS) is 18.2. The van der Waals surface area contributed by atoms with Crippen LogP contribution in [-0.4, -0.2) is 30.3 Å². The van der Waals surface area contributed by atoms with Crippen LogP contribution < -0.4 is 0 Å². The summed E-state index contributed by atoms with van der Waals surface area (Å²) in [7, 11) is -4.55. The summed E-state index contributed by atoms with van der Waals surface area (Å²) < 4.78 is 29.0. The molecule has 0 amide bonds. The number of hydrogen-bond donors (Lipinski definition) is 1. The first kappa shape index (κ1) is 13.2. The standard InChI is InChI=1S/C8H14O5S/c1-3-7(5-9)8(4-2,6-10)14(11,12)13/h5-7H,3-4H2,1-2H3,(H,11,12,13). The molecule has 2 unspecified atom stereocenters. The highest BCUT2D eigenvalue weighted by Crippen LogP contribution is 2.29. The van der Waals surface area contributed by atoms with Crippen LogP contribution in [0.3, 0.4) is 0 Å². The molecule has 14 heavy (non-hydrogen) atoms. The third-order valence-electron chi connectivity index (χ3n) is 2.46. The van der Waals surface area contributed by atoms with E-state index in [1.54, 1.807) is 6.92 Å². The molecule has 6 heteroatoms. The molecular weight excluding hydrogens is 208 g/mol. The van der Waals surface area contributed by atoms with Crippen LogP contribution >= 0.6 is 0 Å². The Balaban J connectivity index is 5.49. The van der Waals surface area contributed by atoms with Crippen LogP contribution in [0.25, 0.3) is 0 Å². The maximum atomic E-state index is 11.0. The van der Waals surface area contributed by atoms with Crippen LogP contribution in [0.15, 0.2) is 0 Å². The van der Waals surface area contributed by atoms with Crippen molar-refractivity contribution < 1.29 is 22.6 Å². The first-order valence-electron chi connectivity index (χ1n) is 4.28. The van der Waals surface area contributed by atoms with Gasteiger partial charge in [0, 0.05) is 5.92 Å². The van der Waals surface area contributed by atoms with E-state index in [1.165, 1.54) is 6.92 Å². The largest absolute Gasteiger partial charge is 0.303 e. The van der Waals surface area contributed by atoms with Crippen molar-refractivity contribution in [1.29, 1.82) is 0 Å². The molecule has 82 valence electrons. The second kappa shape index (κ2) is 4.65. The SMILES string of the molecule is CCC(C=O)C(C=O)(CC)S(=O)(=O)O. The van der Waals surface area contributed by atoms with Crippen LogP contribution in [0.1, 0.15) is 26.7 Å². The van der Waals surface area contributed by atoms with Crippen molar-refractivity contribution in [2.75, 3.05) is 0 Å². The van der Waals surface area contributed by atoms with Crippen LogP contribution in [0.4, 0.5) is 0 Å². The Hall–Kier alpha value is -0.750. The lowest BCUT2D eigenvalue weighted by molar-refractivity contribution is -0.118. The van der Waals surface area contributed by atoms with Gasteiger partial charge in [-0.2, -0.15) is 8.42 Å². The van der Waals surface area contributed by atoms with E-state index in [-0.39, 0.29) is 19.1 Å². The number of rotatable bonds is 6. The Bertz CT molecular complexity index is 308. The smallest absolute Gasteiger partial charge is 0.278 e. The molecule has 1 N–H and O–H groups in total. The van der Waals surface area contributed by atoms with Crippen LogP contribution in [-0.2, 0) is 19.7 Å². The molecule has 0 aliphatic rings. The van der Waals surface area contributed by atoms with E-state index in [9.17, 15) is 18.0 Å². The molecule has 5 nitrogen and oxygen atoms in total. The number of aldehydes is 2. The average molecular weight is 222 g/mol. The van der Waals surface area contributed by atoms with Crippen molar-refractivity contribution in [2.45, 2.75) is 31.4 Å². The Morgan fingerprint density at radius 3 is 1.93 bits per heavy atom. The van der Waals surface area contributed by atoms with Gasteiger partial charge < -0.3 is 9.59 Å². The second-order valence-corrected chi connectivity index (χ2v) is 4.76. The molecule has 0 spiro atoms. The fourth-order valence-electron chi connectivity index (χ4n) is 1.42. The molecule has 0 aromatic carbocycles. The molecule has 2 atom stereocenters. The zero-order chi connectivity index (χ0) is 11.4. The summed E-state index contributed by atoms with van der Waals surface area (Å²) in [6.45, 7) is 3.02. The van der Waals surface area contributed by atoms with Crippen LogP contribution in [0.2, 0.25) is 0 Å². The van der Waals surface area contributed by atoms with E-state index in [0.717, 1.165) is 0 Å². The Morgan fingerprint density at radius 1 is 1.36 bits per heavy atom. The predicted octanol–water partition coefficient (Wildman–Crippen LogP) is 0.447. The molecular formula is C8H14O5S. The van der Waals surface area contributed by atoms with Gasteiger partial charge in [0.05, 0.1) is 0 Å². The summed E-state index contributed by atoms with van der Waals surface area (Å²) in [6, 6.07) is 0. The van der Waals surface area contributed by atoms with Gasteiger partial charge in [0.25, 0.3) is 10.1 Å². The third kappa shape index (κ3) is 2.01. The Labute approximate surface area is 83.2 Å². The van der Waals surface area contributed by atoms with Gasteiger partial charge in [0.15, 0.2) is 4.75 Å². The van der Waals surface area contributed by atoms with Crippen molar-refractivity contribution in [3.8, 4) is 0 Å². The summed E-state index contributed by atoms with van der Waals surface area (Å²) in [5.41, 5.74) is 0. The zero-order valence-corrected chi connectivity index (χ0v) is 8.95. The zero-order valence-electron chi connectivity index (χ0n) is 8.13. The van der Waals surface area contributed by atoms with Crippen LogP contribution in [0.5, 0.6) is 0 Å². The van der Waals surface area contributed by atoms with Crippen molar-refractivity contribution in [3.05, 3.63) is 0 Å². The van der Waals surface area contributed by atoms with Crippen molar-refractivity contribution in [1.82, 2.24) is 0 Å². The minimum absolute atomic E-state index is 0.118. The molecule has 0 fully saturated rings. The first-order valence-corrected chi connectivity index (χ1v) is 5.72. The van der Waals surface area contributed by atoms with Gasteiger partial charge in [-0.3, -0.25) is 4.55 Å². The van der Waals surface area contributed by atoms with E-state index in [0.29, 0.717) is 6.29 Å². The lowest BCUT2D eigenvalue weighted by Crippen LogP contribution is -2.47. The monoisotopic (exact) mass is 222 g/mol. The molecule has 0 saturated carbocycles. The molecule has 0 heterocycles. The molecule has 0 aromatic rings. The molecule has 0 radical (unpaired) electrons. The lowest BCUT2D eigenvalue weighted by atomic mass is 9.89. The van der Waals surface area contributed by atoms with Crippen molar-refractivity contribution in [3.63, 3.8) is 0 Å². The summed E-state index contributed by atoms with van der Waals surface area (Å²) in [4.78, 5) is 21.4. The first-order chi connectivity index (χ1) is 6.39.